The molecule has 3 nitrogen and oxygen atoms in total. The average Bonchev–Trinajstić information content (AvgIpc) is 2.42. The molecular formula is C10H20F2N2O. The van der Waals surface area contributed by atoms with Gasteiger partial charge in [-0.05, 0) is 13.8 Å². The summed E-state index contributed by atoms with van der Waals surface area (Å²) in [5.41, 5.74) is -0.535. The maximum atomic E-state index is 13.7. The predicted octanol–water partition coefficient (Wildman–Crippen LogP) is 1.60. The van der Waals surface area contributed by atoms with E-state index < -0.39 is 11.8 Å². The Morgan fingerprint density at radius 1 is 1.27 bits per heavy atom. The van der Waals surface area contributed by atoms with Gasteiger partial charge in [0.05, 0.1) is 5.60 Å². The fourth-order valence-corrected chi connectivity index (χ4v) is 1.76. The van der Waals surface area contributed by atoms with Crippen molar-refractivity contribution in [3.8, 4) is 0 Å². The Bertz CT molecular complexity index is 221. The number of nitrogens with zero attached hydrogens (tertiary/aromatic N) is 2. The van der Waals surface area contributed by atoms with Gasteiger partial charge in [-0.1, -0.05) is 6.92 Å². The van der Waals surface area contributed by atoms with Crippen LogP contribution in [0.15, 0.2) is 0 Å². The van der Waals surface area contributed by atoms with Crippen LogP contribution in [0.4, 0.5) is 8.78 Å². The maximum absolute atomic E-state index is 13.7. The van der Waals surface area contributed by atoms with Crippen molar-refractivity contribution < 1.29 is 13.5 Å². The van der Waals surface area contributed by atoms with Crippen molar-refractivity contribution in [2.45, 2.75) is 32.5 Å². The van der Waals surface area contributed by atoms with Gasteiger partial charge in [-0.2, -0.15) is 8.78 Å². The van der Waals surface area contributed by atoms with Crippen LogP contribution in [0.5, 0.6) is 0 Å². The summed E-state index contributed by atoms with van der Waals surface area (Å²) in [4.78, 5) is 2.36. The summed E-state index contributed by atoms with van der Waals surface area (Å²) < 4.78 is 32.6. The number of likely N-dealkylation sites (N-methyl/N-ethyl adjacent to an activating group) is 1. The molecule has 0 amide bonds. The van der Waals surface area contributed by atoms with Gasteiger partial charge < -0.3 is 4.74 Å². The molecule has 1 heterocycles. The van der Waals surface area contributed by atoms with Crippen molar-refractivity contribution in [1.82, 2.24) is 9.80 Å². The number of ether oxygens (including phenoxy) is 1. The molecule has 1 aliphatic rings. The largest absolute Gasteiger partial charge is 0.377 e. The standard InChI is InChI=1S/C10H20F2N2O/c1-5-13-6-7-14(10(13,11)12)8-9(2,3)15-4/h5-8H2,1-4H3. The van der Waals surface area contributed by atoms with Crippen LogP contribution in [0.2, 0.25) is 0 Å². The Balaban J connectivity index is 2.65. The lowest BCUT2D eigenvalue weighted by atomic mass is 10.1. The summed E-state index contributed by atoms with van der Waals surface area (Å²) in [6.07, 6.45) is -2.83. The van der Waals surface area contributed by atoms with E-state index in [0.717, 1.165) is 0 Å². The number of rotatable bonds is 4. The minimum Gasteiger partial charge on any atom is -0.377 e. The van der Waals surface area contributed by atoms with E-state index >= 15 is 0 Å². The molecule has 1 rings (SSSR count). The van der Waals surface area contributed by atoms with Gasteiger partial charge in [-0.3, -0.25) is 0 Å². The smallest absolute Gasteiger partial charge is 0.369 e. The van der Waals surface area contributed by atoms with E-state index in [4.69, 9.17) is 4.74 Å². The van der Waals surface area contributed by atoms with E-state index in [0.29, 0.717) is 19.6 Å². The summed E-state index contributed by atoms with van der Waals surface area (Å²) >= 11 is 0. The Labute approximate surface area is 90.0 Å². The van der Waals surface area contributed by atoms with Crippen molar-refractivity contribution in [2.75, 3.05) is 33.3 Å². The minimum absolute atomic E-state index is 0.243. The van der Waals surface area contributed by atoms with Crippen molar-refractivity contribution in [2.24, 2.45) is 0 Å². The summed E-state index contributed by atoms with van der Waals surface area (Å²) in [5.74, 6) is 0. The van der Waals surface area contributed by atoms with Gasteiger partial charge in [0.15, 0.2) is 0 Å². The highest BCUT2D eigenvalue weighted by Crippen LogP contribution is 2.31. The quantitative estimate of drug-likeness (QED) is 0.672. The van der Waals surface area contributed by atoms with Crippen LogP contribution in [0.3, 0.4) is 0 Å². The molecule has 0 aromatic heterocycles. The monoisotopic (exact) mass is 222 g/mol. The van der Waals surface area contributed by atoms with Crippen LogP contribution < -0.4 is 0 Å². The number of alkyl halides is 2. The van der Waals surface area contributed by atoms with Gasteiger partial charge in [0.2, 0.25) is 0 Å². The number of halogens is 2. The van der Waals surface area contributed by atoms with Gasteiger partial charge in [0.25, 0.3) is 0 Å². The number of hydrogen-bond acceptors (Lipinski definition) is 3. The zero-order valence-corrected chi connectivity index (χ0v) is 9.89. The third-order valence-corrected chi connectivity index (χ3v) is 2.91. The minimum atomic E-state index is -2.83. The molecule has 0 atom stereocenters. The average molecular weight is 222 g/mol. The summed E-state index contributed by atoms with van der Waals surface area (Å²) in [7, 11) is 1.55. The molecule has 1 aliphatic heterocycles. The summed E-state index contributed by atoms with van der Waals surface area (Å²) in [6, 6.07) is 0. The predicted molar refractivity (Wildman–Crippen MR) is 54.9 cm³/mol. The van der Waals surface area contributed by atoms with Crippen molar-refractivity contribution >= 4 is 0 Å². The van der Waals surface area contributed by atoms with Crippen LogP contribution in [0.1, 0.15) is 20.8 Å². The highest BCUT2D eigenvalue weighted by atomic mass is 19.3. The lowest BCUT2D eigenvalue weighted by Gasteiger charge is -2.34. The maximum Gasteiger partial charge on any atom is 0.369 e. The second kappa shape index (κ2) is 4.31. The molecule has 0 saturated carbocycles. The third kappa shape index (κ3) is 2.65. The summed E-state index contributed by atoms with van der Waals surface area (Å²) in [6.45, 7) is 6.81. The number of methoxy groups -OCH3 is 1. The molecule has 0 aliphatic carbocycles. The summed E-state index contributed by atoms with van der Waals surface area (Å²) in [5, 5.41) is 0. The molecule has 0 radical (unpaired) electrons. The molecule has 5 heteroatoms. The lowest BCUT2D eigenvalue weighted by Crippen LogP contribution is -2.50. The Kier molecular flexibility index (Phi) is 3.68. The van der Waals surface area contributed by atoms with Gasteiger partial charge in [-0.15, -0.1) is 0 Å². The third-order valence-electron chi connectivity index (χ3n) is 2.91. The molecule has 1 saturated heterocycles. The molecule has 0 bridgehead atoms. The highest BCUT2D eigenvalue weighted by molar-refractivity contribution is 4.85. The van der Waals surface area contributed by atoms with Gasteiger partial charge >= 0.3 is 6.17 Å². The van der Waals surface area contributed by atoms with Gasteiger partial charge in [0.1, 0.15) is 0 Å². The van der Waals surface area contributed by atoms with Crippen molar-refractivity contribution in [3.05, 3.63) is 0 Å². The van der Waals surface area contributed by atoms with Crippen molar-refractivity contribution in [1.29, 1.82) is 0 Å². The molecule has 0 unspecified atom stereocenters. The van der Waals surface area contributed by atoms with E-state index in [9.17, 15) is 8.78 Å². The Hall–Kier alpha value is -0.260. The first-order chi connectivity index (χ1) is 6.83. The van der Waals surface area contributed by atoms with E-state index in [-0.39, 0.29) is 6.54 Å². The fraction of sp³-hybridized carbons (Fsp3) is 1.00. The zero-order valence-electron chi connectivity index (χ0n) is 9.89. The lowest BCUT2D eigenvalue weighted by molar-refractivity contribution is -0.220. The molecule has 0 spiro atoms. The van der Waals surface area contributed by atoms with Crippen LogP contribution in [-0.4, -0.2) is 54.9 Å². The Morgan fingerprint density at radius 2 is 1.80 bits per heavy atom. The first-order valence-electron chi connectivity index (χ1n) is 5.26. The topological polar surface area (TPSA) is 15.7 Å². The second-order valence-electron chi connectivity index (χ2n) is 4.47. The normalized spacial score (nSPS) is 23.6. The first kappa shape index (κ1) is 12.8. The molecule has 15 heavy (non-hydrogen) atoms. The Morgan fingerprint density at radius 3 is 2.20 bits per heavy atom. The van der Waals surface area contributed by atoms with E-state index in [1.807, 2.05) is 13.8 Å². The van der Waals surface area contributed by atoms with Crippen LogP contribution in [0.25, 0.3) is 0 Å². The highest BCUT2D eigenvalue weighted by Gasteiger charge is 2.49. The molecule has 90 valence electrons. The van der Waals surface area contributed by atoms with Gasteiger partial charge in [-0.25, -0.2) is 9.80 Å². The van der Waals surface area contributed by atoms with E-state index in [1.165, 1.54) is 9.80 Å². The molecule has 0 aromatic carbocycles. The molecule has 0 N–H and O–H groups in total. The van der Waals surface area contributed by atoms with Crippen LogP contribution >= 0.6 is 0 Å². The first-order valence-corrected chi connectivity index (χ1v) is 5.26. The van der Waals surface area contributed by atoms with E-state index in [1.54, 1.807) is 14.0 Å². The fourth-order valence-electron chi connectivity index (χ4n) is 1.76. The van der Waals surface area contributed by atoms with Crippen molar-refractivity contribution in [3.63, 3.8) is 0 Å². The molecule has 1 fully saturated rings. The SMILES string of the molecule is CCN1CCN(CC(C)(C)OC)C1(F)F. The number of hydrogen-bond donors (Lipinski definition) is 0. The zero-order chi connectivity index (χ0) is 11.7. The molecular weight excluding hydrogens is 202 g/mol. The second-order valence-corrected chi connectivity index (χ2v) is 4.47. The van der Waals surface area contributed by atoms with Crippen LogP contribution in [0, 0.1) is 0 Å². The van der Waals surface area contributed by atoms with Gasteiger partial charge in [0, 0.05) is 33.3 Å². The van der Waals surface area contributed by atoms with Crippen LogP contribution in [-0.2, 0) is 4.74 Å². The molecule has 0 aromatic rings. The van der Waals surface area contributed by atoms with E-state index in [2.05, 4.69) is 0 Å².